The zero-order valence-corrected chi connectivity index (χ0v) is 19.0. The summed E-state index contributed by atoms with van der Waals surface area (Å²) in [5, 5.41) is 5.25. The van der Waals surface area contributed by atoms with Gasteiger partial charge in [-0.3, -0.25) is 19.4 Å². The highest BCUT2D eigenvalue weighted by Gasteiger charge is 2.39. The second kappa shape index (κ2) is 10.9. The van der Waals surface area contributed by atoms with E-state index in [4.69, 9.17) is 0 Å². The van der Waals surface area contributed by atoms with Crippen molar-refractivity contribution in [3.05, 3.63) is 0 Å². The van der Waals surface area contributed by atoms with Gasteiger partial charge in [0.1, 0.15) is 0 Å². The molecule has 0 aromatic carbocycles. The first-order valence-electron chi connectivity index (χ1n) is 10.8. The van der Waals surface area contributed by atoms with Crippen LogP contribution in [0.1, 0.15) is 40.5 Å². The number of hydrogen-bond donors (Lipinski definition) is 2. The fourth-order valence-electron chi connectivity index (χ4n) is 3.17. The summed E-state index contributed by atoms with van der Waals surface area (Å²) >= 11 is 0. The highest BCUT2D eigenvalue weighted by molar-refractivity contribution is 6.06. The molecule has 12 heteroatoms. The van der Waals surface area contributed by atoms with Crippen molar-refractivity contribution in [2.24, 2.45) is 11.8 Å². The Kier molecular flexibility index (Phi) is 8.56. The molecule has 2 saturated heterocycles. The maximum atomic E-state index is 12.4. The average molecular weight is 453 g/mol. The van der Waals surface area contributed by atoms with Crippen molar-refractivity contribution < 1.29 is 28.8 Å². The molecule has 0 aromatic rings. The molecule has 0 unspecified atom stereocenters. The van der Waals surface area contributed by atoms with E-state index in [0.717, 1.165) is 19.6 Å². The second-order valence-corrected chi connectivity index (χ2v) is 8.62. The Bertz CT molecular complexity index is 719. The van der Waals surface area contributed by atoms with Gasteiger partial charge in [-0.15, -0.1) is 0 Å². The van der Waals surface area contributed by atoms with E-state index in [2.05, 4.69) is 10.6 Å². The second-order valence-electron chi connectivity index (χ2n) is 8.62. The minimum Gasteiger partial charge on any atom is -0.337 e. The van der Waals surface area contributed by atoms with E-state index in [0.29, 0.717) is 13.1 Å². The summed E-state index contributed by atoms with van der Waals surface area (Å²) in [4.78, 5) is 77.6. The summed E-state index contributed by atoms with van der Waals surface area (Å²) in [7, 11) is 0. The van der Waals surface area contributed by atoms with Crippen molar-refractivity contribution in [3.8, 4) is 0 Å². The molecular formula is C20H32N6O6. The normalized spacial score (nSPS) is 16.4. The van der Waals surface area contributed by atoms with Crippen LogP contribution < -0.4 is 10.6 Å². The molecular weight excluding hydrogens is 420 g/mol. The monoisotopic (exact) mass is 452 g/mol. The van der Waals surface area contributed by atoms with Crippen molar-refractivity contribution in [1.82, 2.24) is 30.2 Å². The van der Waals surface area contributed by atoms with Crippen LogP contribution in [-0.4, -0.2) is 94.8 Å². The minimum absolute atomic E-state index is 0.0490. The van der Waals surface area contributed by atoms with Crippen LogP contribution in [0.4, 0.5) is 19.2 Å². The Balaban J connectivity index is 1.82. The molecule has 0 spiro atoms. The highest BCUT2D eigenvalue weighted by Crippen LogP contribution is 2.15. The van der Waals surface area contributed by atoms with Crippen LogP contribution in [0, 0.1) is 11.8 Å². The van der Waals surface area contributed by atoms with Crippen LogP contribution in [0.3, 0.4) is 0 Å². The summed E-state index contributed by atoms with van der Waals surface area (Å²) < 4.78 is 0. The number of imide groups is 4. The molecule has 2 N–H and O–H groups in total. The van der Waals surface area contributed by atoms with Crippen LogP contribution in [0.5, 0.6) is 0 Å². The van der Waals surface area contributed by atoms with Gasteiger partial charge in [0.25, 0.3) is 0 Å². The van der Waals surface area contributed by atoms with Crippen LogP contribution in [-0.2, 0) is 9.59 Å². The predicted octanol–water partition coefficient (Wildman–Crippen LogP) is 1.03. The highest BCUT2D eigenvalue weighted by atomic mass is 16.2. The summed E-state index contributed by atoms with van der Waals surface area (Å²) in [6.07, 6.45) is -0.565. The van der Waals surface area contributed by atoms with E-state index >= 15 is 0 Å². The first-order chi connectivity index (χ1) is 15.0. The summed E-state index contributed by atoms with van der Waals surface area (Å²) in [5.41, 5.74) is 0. The first kappa shape index (κ1) is 25.1. The molecule has 2 fully saturated rings. The number of urea groups is 4. The van der Waals surface area contributed by atoms with Gasteiger partial charge in [0.2, 0.25) is 11.8 Å². The van der Waals surface area contributed by atoms with Crippen LogP contribution in [0.25, 0.3) is 0 Å². The molecule has 10 amide bonds. The Morgan fingerprint density at radius 3 is 1.28 bits per heavy atom. The third-order valence-corrected chi connectivity index (χ3v) is 4.99. The molecule has 0 aromatic heterocycles. The van der Waals surface area contributed by atoms with Gasteiger partial charge in [0, 0.05) is 39.0 Å². The smallest absolute Gasteiger partial charge is 0.334 e. The number of carbonyl (C=O) groups is 6. The fourth-order valence-corrected chi connectivity index (χ4v) is 3.17. The Labute approximate surface area is 187 Å². The lowest BCUT2D eigenvalue weighted by Crippen LogP contribution is -2.45. The van der Waals surface area contributed by atoms with E-state index in [1.807, 2.05) is 27.7 Å². The zero-order chi connectivity index (χ0) is 24.0. The standard InChI is InChI=1S/C20H32N6O6/c1-13(2)11-21-17(29)25-9-7-23(19(25)31)15(27)5-6-16(28)24-8-10-26(20(24)32)18(30)22-12-14(3)4/h13-14H,5-12H2,1-4H3,(H,21,29)(H,22,30). The SMILES string of the molecule is CC(C)CNC(=O)N1CCN(C(=O)CCC(=O)N2CCN(C(=O)NCC(C)C)C2=O)C1=O. The van der Waals surface area contributed by atoms with Gasteiger partial charge < -0.3 is 10.6 Å². The lowest BCUT2D eigenvalue weighted by Gasteiger charge is -2.19. The van der Waals surface area contributed by atoms with E-state index < -0.39 is 35.9 Å². The van der Waals surface area contributed by atoms with E-state index in [-0.39, 0.29) is 50.9 Å². The number of nitrogens with one attached hydrogen (secondary N) is 2. The first-order valence-corrected chi connectivity index (χ1v) is 10.8. The molecule has 2 aliphatic heterocycles. The van der Waals surface area contributed by atoms with Gasteiger partial charge in [-0.05, 0) is 11.8 Å². The predicted molar refractivity (Wildman–Crippen MR) is 113 cm³/mol. The number of rotatable bonds is 7. The molecule has 0 atom stereocenters. The quantitative estimate of drug-likeness (QED) is 0.591. The van der Waals surface area contributed by atoms with Crippen molar-refractivity contribution in [1.29, 1.82) is 0 Å². The van der Waals surface area contributed by atoms with Gasteiger partial charge in [-0.25, -0.2) is 29.0 Å². The van der Waals surface area contributed by atoms with Crippen molar-refractivity contribution >= 4 is 35.9 Å². The van der Waals surface area contributed by atoms with Crippen molar-refractivity contribution in [2.75, 3.05) is 39.3 Å². The van der Waals surface area contributed by atoms with Gasteiger partial charge in [-0.1, -0.05) is 27.7 Å². The topological polar surface area (TPSA) is 139 Å². The average Bonchev–Trinajstić information content (AvgIpc) is 3.31. The Morgan fingerprint density at radius 2 is 0.969 bits per heavy atom. The lowest BCUT2D eigenvalue weighted by atomic mass is 10.2. The molecule has 178 valence electrons. The van der Waals surface area contributed by atoms with E-state index in [1.165, 1.54) is 0 Å². The number of hydrogen-bond acceptors (Lipinski definition) is 6. The molecule has 0 radical (unpaired) electrons. The third-order valence-electron chi connectivity index (χ3n) is 4.99. The molecule has 0 bridgehead atoms. The largest absolute Gasteiger partial charge is 0.337 e. The van der Waals surface area contributed by atoms with Gasteiger partial charge in [-0.2, -0.15) is 0 Å². The van der Waals surface area contributed by atoms with E-state index in [9.17, 15) is 28.8 Å². The zero-order valence-electron chi connectivity index (χ0n) is 19.0. The number of amides is 10. The third kappa shape index (κ3) is 6.17. The summed E-state index contributed by atoms with van der Waals surface area (Å²) in [6.45, 7) is 8.73. The number of carbonyl (C=O) groups excluding carboxylic acids is 6. The Hall–Kier alpha value is -3.18. The van der Waals surface area contributed by atoms with Crippen LogP contribution in [0.15, 0.2) is 0 Å². The van der Waals surface area contributed by atoms with Crippen LogP contribution >= 0.6 is 0 Å². The Morgan fingerprint density at radius 1 is 0.656 bits per heavy atom. The molecule has 2 heterocycles. The molecule has 32 heavy (non-hydrogen) atoms. The van der Waals surface area contributed by atoms with Crippen LogP contribution in [0.2, 0.25) is 0 Å². The molecule has 12 nitrogen and oxygen atoms in total. The summed E-state index contributed by atoms with van der Waals surface area (Å²) in [5.74, 6) is -0.766. The number of nitrogens with zero attached hydrogens (tertiary/aromatic N) is 4. The van der Waals surface area contributed by atoms with Crippen molar-refractivity contribution in [2.45, 2.75) is 40.5 Å². The molecule has 0 aliphatic carbocycles. The lowest BCUT2D eigenvalue weighted by molar-refractivity contribution is -0.133. The van der Waals surface area contributed by atoms with Gasteiger partial charge in [0.05, 0.1) is 13.1 Å². The minimum atomic E-state index is -0.728. The van der Waals surface area contributed by atoms with Crippen molar-refractivity contribution in [3.63, 3.8) is 0 Å². The molecule has 0 saturated carbocycles. The van der Waals surface area contributed by atoms with E-state index in [1.54, 1.807) is 0 Å². The maximum Gasteiger partial charge on any atom is 0.334 e. The maximum absolute atomic E-state index is 12.4. The summed E-state index contributed by atoms with van der Waals surface area (Å²) in [6, 6.07) is -2.58. The molecule has 2 aliphatic rings. The van der Waals surface area contributed by atoms with Gasteiger partial charge >= 0.3 is 24.1 Å². The fraction of sp³-hybridized carbons (Fsp3) is 0.700. The van der Waals surface area contributed by atoms with Gasteiger partial charge in [0.15, 0.2) is 0 Å². The molecule has 2 rings (SSSR count).